The Morgan fingerprint density at radius 2 is 1.58 bits per heavy atom. The molecule has 0 saturated carbocycles. The number of aryl methyl sites for hydroxylation is 1. The lowest BCUT2D eigenvalue weighted by Crippen LogP contribution is -2.35. The Bertz CT molecular complexity index is 938. The van der Waals surface area contributed by atoms with Gasteiger partial charge in [0.05, 0.1) is 5.69 Å². The molecular formula is C21H20N2O3. The number of fused-ring (bicyclic) bond motifs is 1. The number of hydrazine groups is 1. The number of para-hydroxylation sites is 1. The summed E-state index contributed by atoms with van der Waals surface area (Å²) in [7, 11) is 0. The number of aromatic hydroxyl groups is 1. The van der Waals surface area contributed by atoms with Crippen LogP contribution >= 0.6 is 0 Å². The molecule has 1 heterocycles. The lowest BCUT2D eigenvalue weighted by atomic mass is 10.0. The van der Waals surface area contributed by atoms with Gasteiger partial charge in [0.25, 0.3) is 5.91 Å². The molecule has 5 heteroatoms. The number of rotatable bonds is 2. The van der Waals surface area contributed by atoms with E-state index in [2.05, 4.69) is 12.3 Å². The second-order valence-corrected chi connectivity index (χ2v) is 5.92. The van der Waals surface area contributed by atoms with Crippen molar-refractivity contribution in [3.8, 4) is 5.75 Å². The molecule has 0 aromatic heterocycles. The topological polar surface area (TPSA) is 69.6 Å². The Hall–Kier alpha value is -3.34. The summed E-state index contributed by atoms with van der Waals surface area (Å²) < 4.78 is 0. The molecule has 0 bridgehead atoms. The predicted molar refractivity (Wildman–Crippen MR) is 102 cm³/mol. The summed E-state index contributed by atoms with van der Waals surface area (Å²) in [5.41, 5.74) is 4.44. The molecule has 1 aliphatic rings. The van der Waals surface area contributed by atoms with Gasteiger partial charge in [0.1, 0.15) is 12.2 Å². The van der Waals surface area contributed by atoms with Crippen LogP contribution in [0.1, 0.15) is 18.9 Å². The maximum atomic E-state index is 11.2. The van der Waals surface area contributed by atoms with Crippen molar-refractivity contribution in [1.82, 2.24) is 5.43 Å². The van der Waals surface area contributed by atoms with Crippen molar-refractivity contribution in [2.24, 2.45) is 0 Å². The van der Waals surface area contributed by atoms with Crippen molar-refractivity contribution in [3.05, 3.63) is 72.3 Å². The number of carbonyl (C=O) groups is 2. The Labute approximate surface area is 151 Å². The molecule has 1 saturated heterocycles. The van der Waals surface area contributed by atoms with Crippen molar-refractivity contribution < 1.29 is 14.7 Å². The number of amides is 2. The lowest BCUT2D eigenvalue weighted by Gasteiger charge is -2.14. The summed E-state index contributed by atoms with van der Waals surface area (Å²) in [5.74, 6) is -0.0992. The number of anilines is 1. The molecule has 1 aliphatic heterocycles. The fraction of sp³-hybridized carbons (Fsp3) is 0.143. The first-order valence-corrected chi connectivity index (χ1v) is 8.47. The van der Waals surface area contributed by atoms with E-state index < -0.39 is 0 Å². The van der Waals surface area contributed by atoms with E-state index >= 15 is 0 Å². The fourth-order valence-corrected chi connectivity index (χ4v) is 2.88. The van der Waals surface area contributed by atoms with Crippen LogP contribution in [-0.4, -0.2) is 16.9 Å². The maximum Gasteiger partial charge on any atom is 0.255 e. The number of hydrogen-bond acceptors (Lipinski definition) is 3. The minimum atomic E-state index is -0.256. The minimum absolute atomic E-state index is 0.0606. The van der Waals surface area contributed by atoms with Gasteiger partial charge in [0.15, 0.2) is 0 Å². The van der Waals surface area contributed by atoms with Crippen LogP contribution in [0.2, 0.25) is 0 Å². The van der Waals surface area contributed by atoms with E-state index in [1.165, 1.54) is 10.6 Å². The first-order valence-electron chi connectivity index (χ1n) is 8.47. The van der Waals surface area contributed by atoms with Gasteiger partial charge in [-0.2, -0.15) is 0 Å². The Morgan fingerprint density at radius 1 is 0.923 bits per heavy atom. The molecule has 26 heavy (non-hydrogen) atoms. The zero-order valence-corrected chi connectivity index (χ0v) is 14.5. The van der Waals surface area contributed by atoms with Crippen molar-refractivity contribution in [2.75, 3.05) is 5.01 Å². The van der Waals surface area contributed by atoms with Crippen molar-refractivity contribution >= 4 is 28.3 Å². The average Bonchev–Trinajstić information content (AvgIpc) is 3.02. The lowest BCUT2D eigenvalue weighted by molar-refractivity contribution is -0.122. The highest BCUT2D eigenvalue weighted by atomic mass is 16.3. The third kappa shape index (κ3) is 3.67. The molecule has 1 fully saturated rings. The first kappa shape index (κ1) is 17.5. The zero-order valence-electron chi connectivity index (χ0n) is 14.5. The molecule has 2 N–H and O–H groups in total. The molecule has 0 radical (unpaired) electrons. The van der Waals surface area contributed by atoms with Gasteiger partial charge in [-0.3, -0.25) is 15.0 Å². The maximum absolute atomic E-state index is 11.2. The SMILES string of the molecule is CCc1ccc(O)c2ccccc12.O=C1CC(=O)N(c2ccccc2)N1. The van der Waals surface area contributed by atoms with Crippen molar-refractivity contribution in [3.63, 3.8) is 0 Å². The zero-order chi connectivity index (χ0) is 18.5. The van der Waals surface area contributed by atoms with E-state index in [0.29, 0.717) is 11.4 Å². The Kier molecular flexibility index (Phi) is 5.17. The van der Waals surface area contributed by atoms with Gasteiger partial charge in [0.2, 0.25) is 5.91 Å². The van der Waals surface area contributed by atoms with E-state index in [1.807, 2.05) is 48.5 Å². The summed E-state index contributed by atoms with van der Waals surface area (Å²) in [6.07, 6.45) is 0.940. The highest BCUT2D eigenvalue weighted by Crippen LogP contribution is 2.27. The molecule has 5 nitrogen and oxygen atoms in total. The number of phenolic OH excluding ortho intramolecular Hbond substituents is 1. The van der Waals surface area contributed by atoms with Gasteiger partial charge in [-0.15, -0.1) is 0 Å². The standard InChI is InChI=1S/C12H12O.C9H8N2O2/c1-2-9-7-8-12(13)11-6-4-3-5-10(9)11;12-8-6-9(13)11(10-8)7-4-2-1-3-5-7/h3-8,13H,2H2,1H3;1-5H,6H2,(H,10,12). The third-order valence-electron chi connectivity index (χ3n) is 4.18. The monoisotopic (exact) mass is 348 g/mol. The average molecular weight is 348 g/mol. The second-order valence-electron chi connectivity index (χ2n) is 5.92. The van der Waals surface area contributed by atoms with Crippen LogP contribution in [0.3, 0.4) is 0 Å². The number of nitrogens with one attached hydrogen (secondary N) is 1. The third-order valence-corrected chi connectivity index (χ3v) is 4.18. The van der Waals surface area contributed by atoms with Gasteiger partial charge in [-0.1, -0.05) is 55.5 Å². The minimum Gasteiger partial charge on any atom is -0.507 e. The van der Waals surface area contributed by atoms with Crippen molar-refractivity contribution in [1.29, 1.82) is 0 Å². The highest BCUT2D eigenvalue weighted by molar-refractivity contribution is 6.11. The first-order chi connectivity index (χ1) is 12.6. The Balaban J connectivity index is 0.000000151. The van der Waals surface area contributed by atoms with Crippen LogP contribution < -0.4 is 10.4 Å². The highest BCUT2D eigenvalue weighted by Gasteiger charge is 2.27. The molecule has 3 aromatic carbocycles. The van der Waals surface area contributed by atoms with E-state index in [-0.39, 0.29) is 18.2 Å². The Morgan fingerprint density at radius 3 is 2.19 bits per heavy atom. The molecule has 2 amide bonds. The number of hydrogen-bond donors (Lipinski definition) is 2. The molecule has 4 rings (SSSR count). The molecule has 132 valence electrons. The van der Waals surface area contributed by atoms with Gasteiger partial charge in [-0.05, 0) is 35.6 Å². The van der Waals surface area contributed by atoms with Gasteiger partial charge >= 0.3 is 0 Å². The summed E-state index contributed by atoms with van der Waals surface area (Å²) in [5, 5.41) is 13.0. The quantitative estimate of drug-likeness (QED) is 0.696. The van der Waals surface area contributed by atoms with Crippen LogP contribution in [0, 0.1) is 0 Å². The molecule has 0 spiro atoms. The fourth-order valence-electron chi connectivity index (χ4n) is 2.88. The number of benzene rings is 3. The van der Waals surface area contributed by atoms with Gasteiger partial charge in [0, 0.05) is 5.39 Å². The van der Waals surface area contributed by atoms with E-state index in [4.69, 9.17) is 0 Å². The predicted octanol–water partition coefficient (Wildman–Crippen LogP) is 3.56. The van der Waals surface area contributed by atoms with E-state index in [0.717, 1.165) is 17.2 Å². The van der Waals surface area contributed by atoms with E-state index in [9.17, 15) is 14.7 Å². The summed E-state index contributed by atoms with van der Waals surface area (Å²) >= 11 is 0. The number of phenols is 1. The largest absolute Gasteiger partial charge is 0.507 e. The van der Waals surface area contributed by atoms with Crippen LogP contribution in [0.5, 0.6) is 5.75 Å². The molecule has 0 unspecified atom stereocenters. The van der Waals surface area contributed by atoms with Crippen LogP contribution in [0.15, 0.2) is 66.7 Å². The van der Waals surface area contributed by atoms with Gasteiger partial charge < -0.3 is 5.11 Å². The number of carbonyl (C=O) groups excluding carboxylic acids is 2. The molecular weight excluding hydrogens is 328 g/mol. The van der Waals surface area contributed by atoms with Crippen LogP contribution in [-0.2, 0) is 16.0 Å². The molecule has 0 aliphatic carbocycles. The smallest absolute Gasteiger partial charge is 0.255 e. The summed E-state index contributed by atoms with van der Waals surface area (Å²) in [6, 6.07) is 20.7. The second kappa shape index (κ2) is 7.70. The van der Waals surface area contributed by atoms with Crippen LogP contribution in [0.4, 0.5) is 5.69 Å². The normalized spacial score (nSPS) is 13.3. The molecule has 3 aromatic rings. The summed E-state index contributed by atoms with van der Waals surface area (Å²) in [6.45, 7) is 2.12. The number of nitrogens with zero attached hydrogens (tertiary/aromatic N) is 1. The van der Waals surface area contributed by atoms with E-state index in [1.54, 1.807) is 18.2 Å². The van der Waals surface area contributed by atoms with Crippen LogP contribution in [0.25, 0.3) is 10.8 Å². The van der Waals surface area contributed by atoms with Crippen molar-refractivity contribution in [2.45, 2.75) is 19.8 Å². The van der Waals surface area contributed by atoms with Gasteiger partial charge in [-0.25, -0.2) is 5.01 Å². The summed E-state index contributed by atoms with van der Waals surface area (Å²) in [4.78, 5) is 22.1. The molecule has 0 atom stereocenters.